The second-order valence-corrected chi connectivity index (χ2v) is 27.3. The Kier molecular flexibility index (Phi) is 23.3. The lowest BCUT2D eigenvalue weighted by atomic mass is 10.1. The number of anilines is 16. The van der Waals surface area contributed by atoms with Crippen LogP contribution in [0.3, 0.4) is 0 Å². The molecule has 16 rings (SSSR count). The second kappa shape index (κ2) is 34.0. The van der Waals surface area contributed by atoms with Crippen molar-refractivity contribution in [1.82, 2.24) is 80.7 Å². The SMILES string of the molecule is CC(Nc1cc(Nc2cc(C3CC3)[nH]n2)nc(N)n1)c1ccc(F)cc1Cl.CC(c1cc(F)ccc1F)N(C)c1cc(Nc2cc(C3CC3)[nH]n2)nc(N)n1.COCC(Nc1cc(Nc2cc(C3CC3)[nH]n2)nc(N)n1)c1ccccc1.Nc1nc(Nc2cc(C3CC3)[nH]n2)cc(NC(CO)c2ccc(F)cc2)n1. The number of hydrogen-bond acceptors (Lipinski definition) is 26. The molecule has 0 aliphatic heterocycles. The van der Waals surface area contributed by atoms with E-state index in [1.54, 1.807) is 62.4 Å². The van der Waals surface area contributed by atoms with Crippen molar-refractivity contribution in [3.63, 3.8) is 0 Å². The van der Waals surface area contributed by atoms with Crippen molar-refractivity contribution in [2.45, 2.75) is 113 Å². The summed E-state index contributed by atoms with van der Waals surface area (Å²) in [7, 11) is 3.41. The maximum Gasteiger partial charge on any atom is 0.223 e. The number of aliphatic hydroxyl groups excluding tert-OH is 1. The molecular formula is C74H83ClF4N28O2. The molecule has 109 heavy (non-hydrogen) atoms. The normalized spacial score (nSPS) is 14.7. The fraction of sp³-hybridized carbons (Fsp3) is 0.297. The summed E-state index contributed by atoms with van der Waals surface area (Å²) in [6, 6.07) is 37.3. The highest BCUT2D eigenvalue weighted by atomic mass is 35.5. The number of methoxy groups -OCH3 is 1. The molecule has 0 radical (unpaired) electrons. The van der Waals surface area contributed by atoms with Crippen LogP contribution in [0.4, 0.5) is 111 Å². The molecular weight excluding hydrogens is 1420 g/mol. The fourth-order valence-corrected chi connectivity index (χ4v) is 12.1. The van der Waals surface area contributed by atoms with Gasteiger partial charge < -0.3 is 74.9 Å². The number of ether oxygens (including phenoxy) is 1. The molecule has 8 aromatic heterocycles. The summed E-state index contributed by atoms with van der Waals surface area (Å²) in [4.78, 5) is 35.4. The molecule has 4 aliphatic carbocycles. The zero-order valence-corrected chi connectivity index (χ0v) is 60.6. The van der Waals surface area contributed by atoms with Crippen LogP contribution in [-0.4, -0.2) is 113 Å². The van der Waals surface area contributed by atoms with Gasteiger partial charge in [-0.05, 0) is 124 Å². The van der Waals surface area contributed by atoms with E-state index in [9.17, 15) is 22.7 Å². The first kappa shape index (κ1) is 74.8. The van der Waals surface area contributed by atoms with Gasteiger partial charge in [0.05, 0.1) is 37.4 Å². The van der Waals surface area contributed by atoms with Gasteiger partial charge in [-0.1, -0.05) is 60.1 Å². The van der Waals surface area contributed by atoms with E-state index in [2.05, 4.69) is 118 Å². The van der Waals surface area contributed by atoms with Crippen molar-refractivity contribution in [3.05, 3.63) is 213 Å². The van der Waals surface area contributed by atoms with E-state index in [0.717, 1.165) is 57.4 Å². The van der Waals surface area contributed by atoms with Crippen molar-refractivity contribution in [3.8, 4) is 0 Å². The summed E-state index contributed by atoms with van der Waals surface area (Å²) >= 11 is 6.13. The quantitative estimate of drug-likeness (QED) is 0.0213. The van der Waals surface area contributed by atoms with Crippen LogP contribution in [0.5, 0.6) is 0 Å². The van der Waals surface area contributed by atoms with Crippen molar-refractivity contribution in [1.29, 1.82) is 0 Å². The van der Waals surface area contributed by atoms with E-state index in [1.807, 2.05) is 67.6 Å². The number of halogens is 5. The third kappa shape index (κ3) is 20.8. The van der Waals surface area contributed by atoms with Crippen molar-refractivity contribution in [2.24, 2.45) is 0 Å². The van der Waals surface area contributed by atoms with Crippen LogP contribution in [-0.2, 0) is 4.74 Å². The Balaban J connectivity index is 0.000000128. The van der Waals surface area contributed by atoms with Crippen LogP contribution in [0.1, 0.15) is 158 Å². The molecule has 12 aromatic rings. The first-order valence-corrected chi connectivity index (χ1v) is 35.8. The van der Waals surface area contributed by atoms with E-state index in [-0.39, 0.29) is 59.7 Å². The zero-order valence-electron chi connectivity index (χ0n) is 59.8. The smallest absolute Gasteiger partial charge is 0.223 e. The van der Waals surface area contributed by atoms with Gasteiger partial charge in [-0.2, -0.15) is 60.3 Å². The van der Waals surface area contributed by atoms with Gasteiger partial charge in [0.1, 0.15) is 69.8 Å². The Bertz CT molecular complexity index is 5030. The van der Waals surface area contributed by atoms with Crippen molar-refractivity contribution >= 4 is 105 Å². The molecule has 4 saturated carbocycles. The number of nitrogens with zero attached hydrogens (tertiary/aromatic N) is 13. The molecule has 30 nitrogen and oxygen atoms in total. The maximum absolute atomic E-state index is 14.1. The Morgan fingerprint density at radius 1 is 0.450 bits per heavy atom. The number of hydrogen-bond donors (Lipinski definition) is 16. The Labute approximate surface area is 628 Å². The molecule has 4 fully saturated rings. The van der Waals surface area contributed by atoms with Crippen molar-refractivity contribution < 1.29 is 27.4 Å². The summed E-state index contributed by atoms with van der Waals surface area (Å²) in [5, 5.41) is 61.4. The van der Waals surface area contributed by atoms with Gasteiger partial charge in [0.2, 0.25) is 23.8 Å². The lowest BCUT2D eigenvalue weighted by Gasteiger charge is -2.27. The number of H-pyrrole nitrogens is 4. The molecule has 566 valence electrons. The van der Waals surface area contributed by atoms with Gasteiger partial charge in [-0.15, -0.1) is 0 Å². The highest BCUT2D eigenvalue weighted by molar-refractivity contribution is 6.31. The minimum atomic E-state index is -0.494. The Hall–Kier alpha value is -12.4. The first-order valence-electron chi connectivity index (χ1n) is 35.4. The molecule has 4 unspecified atom stereocenters. The van der Waals surface area contributed by atoms with Crippen LogP contribution < -0.4 is 65.1 Å². The second-order valence-electron chi connectivity index (χ2n) is 26.9. The van der Waals surface area contributed by atoms with E-state index >= 15 is 0 Å². The van der Waals surface area contributed by atoms with Gasteiger partial charge in [0.15, 0.2) is 23.3 Å². The summed E-state index contributed by atoms with van der Waals surface area (Å²) in [6.45, 7) is 3.97. The minimum absolute atomic E-state index is 0.0507. The van der Waals surface area contributed by atoms with Gasteiger partial charge in [0.25, 0.3) is 0 Å². The van der Waals surface area contributed by atoms with Crippen LogP contribution >= 0.6 is 11.6 Å². The first-order chi connectivity index (χ1) is 52.7. The Morgan fingerprint density at radius 3 is 1.27 bits per heavy atom. The van der Waals surface area contributed by atoms with Gasteiger partial charge in [0, 0.05) is 120 Å². The van der Waals surface area contributed by atoms with Gasteiger partial charge in [-0.3, -0.25) is 20.4 Å². The number of aromatic amines is 4. The van der Waals surface area contributed by atoms with Gasteiger partial charge >= 0.3 is 0 Å². The summed E-state index contributed by atoms with van der Waals surface area (Å²) in [5.41, 5.74) is 30.7. The Morgan fingerprint density at radius 2 is 0.835 bits per heavy atom. The topological polar surface area (TPSA) is 439 Å². The summed E-state index contributed by atoms with van der Waals surface area (Å²) in [5.74, 6) is 7.89. The fourth-order valence-electron chi connectivity index (χ4n) is 11.8. The number of nitrogen functional groups attached to an aromatic ring is 4. The third-order valence-electron chi connectivity index (χ3n) is 18.2. The highest BCUT2D eigenvalue weighted by Gasteiger charge is 2.30. The third-order valence-corrected chi connectivity index (χ3v) is 18.5. The maximum atomic E-state index is 14.1. The molecule has 4 atom stereocenters. The summed E-state index contributed by atoms with van der Waals surface area (Å²) in [6.07, 6.45) is 9.54. The molecule has 35 heteroatoms. The van der Waals surface area contributed by atoms with Crippen LogP contribution in [0, 0.1) is 23.3 Å². The number of nitrogens with one attached hydrogen (secondary N) is 11. The monoisotopic (exact) mass is 1510 g/mol. The van der Waals surface area contributed by atoms with E-state index in [1.165, 1.54) is 81.7 Å². The molecule has 0 saturated heterocycles. The molecule has 4 aliphatic rings. The van der Waals surface area contributed by atoms with Crippen molar-refractivity contribution in [2.75, 3.05) is 92.4 Å². The van der Waals surface area contributed by atoms with Crippen LogP contribution in [0.25, 0.3) is 0 Å². The van der Waals surface area contributed by atoms with E-state index < -0.39 is 23.7 Å². The average Bonchev–Trinajstić information content (AvgIpc) is 0.939. The van der Waals surface area contributed by atoms with E-state index in [4.69, 9.17) is 39.3 Å². The molecule has 4 aromatic carbocycles. The number of benzene rings is 4. The molecule has 0 bridgehead atoms. The minimum Gasteiger partial charge on any atom is -0.394 e. The lowest BCUT2D eigenvalue weighted by molar-refractivity contribution is 0.186. The molecule has 20 N–H and O–H groups in total. The zero-order chi connectivity index (χ0) is 76.2. The van der Waals surface area contributed by atoms with Crippen LogP contribution in [0.15, 0.2) is 140 Å². The molecule has 0 spiro atoms. The van der Waals surface area contributed by atoms with E-state index in [0.29, 0.717) is 99.3 Å². The number of rotatable bonds is 27. The summed E-state index contributed by atoms with van der Waals surface area (Å²) < 4.78 is 59.4. The molecule has 0 amide bonds. The van der Waals surface area contributed by atoms with Crippen LogP contribution in [0.2, 0.25) is 5.02 Å². The predicted molar refractivity (Wildman–Crippen MR) is 412 cm³/mol. The lowest BCUT2D eigenvalue weighted by Crippen LogP contribution is -2.24. The number of aliphatic hydroxyl groups is 1. The average molecular weight is 1510 g/mol. The number of nitrogens with two attached hydrogens (primary N) is 4. The molecule has 8 heterocycles. The van der Waals surface area contributed by atoms with Gasteiger partial charge in [-0.25, -0.2) is 17.6 Å². The number of aromatic nitrogens is 16. The largest absolute Gasteiger partial charge is 0.394 e. The predicted octanol–water partition coefficient (Wildman–Crippen LogP) is 14.1. The standard InChI is InChI=1S/C19H21F2N7.C19H23N7O.C18H19ClFN7.C18H20FN7O/c1-10(13-7-12(20)5-6-14(13)21)28(2)18-9-16(24-19(22)25-18)23-17-8-15(26-27-17)11-3-4-11;1-27-11-15(12-5-3-2-4-6-12)21-16-10-17(24-19(20)23-16)22-18-9-14(25-26-18)13-7-8-13;1-9(12-5-4-11(20)6-13(12)19)22-15-8-16(25-18(21)24-15)23-17-7-14(26-27-17)10-2-3-10;19-12-5-3-11(4-6-12)14(9-27)21-15-8-16(24-18(20)23-15)22-17-7-13(25-26-17)10-1-2-10/h5-11H,3-4H2,1-2H3,(H4,22,23,24,25,26,27);2-6,9-10,13,15H,7-8,11H2,1H3,(H5,20,21,22,23,24,25,26);4-10H,2-3H2,1H3,(H5,21,22,23,24,25,26,27);3-8,10,14,27H,1-2,9H2,(H5,20,21,22,23,24,25,26). The highest BCUT2D eigenvalue weighted by Crippen LogP contribution is 2.43.